The Morgan fingerprint density at radius 1 is 1.14 bits per heavy atom. The minimum atomic E-state index is 0. The average molecular weight is 425 g/mol. The van der Waals surface area contributed by atoms with Gasteiger partial charge in [-0.05, 0) is 42.7 Å². The Morgan fingerprint density at radius 3 is 2.39 bits per heavy atom. The Bertz CT molecular complexity index is 704. The predicted molar refractivity (Wildman–Crippen MR) is 118 cm³/mol. The second-order valence-electron chi connectivity index (χ2n) is 6.96. The van der Waals surface area contributed by atoms with Crippen molar-refractivity contribution < 1.29 is 4.79 Å². The highest BCUT2D eigenvalue weighted by molar-refractivity contribution is 5.94. The van der Waals surface area contributed by atoms with E-state index in [9.17, 15) is 4.79 Å². The minimum absolute atomic E-state index is 0. The highest BCUT2D eigenvalue weighted by Crippen LogP contribution is 2.18. The van der Waals surface area contributed by atoms with Gasteiger partial charge in [0, 0.05) is 63.1 Å². The number of piperidine rings is 1. The molecule has 1 saturated heterocycles. The number of likely N-dealkylation sites (tertiary alicyclic amines) is 1. The van der Waals surface area contributed by atoms with E-state index in [0.29, 0.717) is 12.6 Å². The molecular formula is C21H30Cl2N4O. The molecule has 2 heterocycles. The van der Waals surface area contributed by atoms with Crippen molar-refractivity contribution in [3.63, 3.8) is 0 Å². The van der Waals surface area contributed by atoms with Crippen molar-refractivity contribution in [3.8, 4) is 0 Å². The monoisotopic (exact) mass is 424 g/mol. The van der Waals surface area contributed by atoms with Gasteiger partial charge in [0.15, 0.2) is 0 Å². The fraction of sp³-hybridized carbons (Fsp3) is 0.429. The third kappa shape index (κ3) is 6.45. The number of pyridine rings is 1. The van der Waals surface area contributed by atoms with Crippen LogP contribution in [-0.2, 0) is 13.0 Å². The van der Waals surface area contributed by atoms with Crippen LogP contribution in [0.1, 0.15) is 34.5 Å². The largest absolute Gasteiger partial charge is 0.339 e. The lowest BCUT2D eigenvalue weighted by Crippen LogP contribution is -2.46. The Hall–Kier alpha value is -1.66. The first-order valence-electron chi connectivity index (χ1n) is 9.36. The third-order valence-electron chi connectivity index (χ3n) is 5.27. The van der Waals surface area contributed by atoms with E-state index in [1.165, 1.54) is 0 Å². The standard InChI is InChI=1S/C21H28N4O.2ClH/c1-24(21(26)18-7-5-17(16-22)6-8-18)20-10-14-25(15-11-20)13-9-19-4-2-3-12-23-19;;/h2-8,12,20H,9-11,13-16,22H2,1H3;2*1H. The van der Waals surface area contributed by atoms with Gasteiger partial charge < -0.3 is 15.5 Å². The molecule has 0 unspecified atom stereocenters. The number of aromatic nitrogens is 1. The van der Waals surface area contributed by atoms with Gasteiger partial charge in [0.05, 0.1) is 0 Å². The van der Waals surface area contributed by atoms with Gasteiger partial charge in [0.2, 0.25) is 0 Å². The first kappa shape index (κ1) is 24.4. The molecule has 0 radical (unpaired) electrons. The lowest BCUT2D eigenvalue weighted by molar-refractivity contribution is 0.0643. The highest BCUT2D eigenvalue weighted by atomic mass is 35.5. The smallest absolute Gasteiger partial charge is 0.253 e. The summed E-state index contributed by atoms with van der Waals surface area (Å²) in [6, 6.07) is 14.0. The molecule has 1 aromatic heterocycles. The number of benzene rings is 1. The molecule has 0 spiro atoms. The Morgan fingerprint density at radius 2 is 1.82 bits per heavy atom. The molecular weight excluding hydrogens is 395 g/mol. The van der Waals surface area contributed by atoms with Crippen LogP contribution in [0, 0.1) is 0 Å². The molecule has 1 amide bonds. The van der Waals surface area contributed by atoms with E-state index in [-0.39, 0.29) is 30.7 Å². The molecule has 3 rings (SSSR count). The number of rotatable bonds is 6. The summed E-state index contributed by atoms with van der Waals surface area (Å²) < 4.78 is 0. The van der Waals surface area contributed by atoms with Crippen LogP contribution >= 0.6 is 24.8 Å². The molecule has 1 aromatic carbocycles. The van der Waals surface area contributed by atoms with Crippen molar-refractivity contribution in [3.05, 3.63) is 65.5 Å². The van der Waals surface area contributed by atoms with Crippen LogP contribution in [0.25, 0.3) is 0 Å². The van der Waals surface area contributed by atoms with Gasteiger partial charge in [-0.25, -0.2) is 0 Å². The second-order valence-corrected chi connectivity index (χ2v) is 6.96. The van der Waals surface area contributed by atoms with E-state index in [1.54, 1.807) is 0 Å². The number of carbonyl (C=O) groups is 1. The number of amides is 1. The average Bonchev–Trinajstić information content (AvgIpc) is 2.72. The molecule has 0 aliphatic carbocycles. The maximum atomic E-state index is 12.7. The van der Waals surface area contributed by atoms with Gasteiger partial charge in [0.25, 0.3) is 5.91 Å². The summed E-state index contributed by atoms with van der Waals surface area (Å²) in [6.07, 6.45) is 4.87. The van der Waals surface area contributed by atoms with Crippen molar-refractivity contribution in [2.75, 3.05) is 26.7 Å². The summed E-state index contributed by atoms with van der Waals surface area (Å²) >= 11 is 0. The van der Waals surface area contributed by atoms with Gasteiger partial charge in [-0.2, -0.15) is 0 Å². The topological polar surface area (TPSA) is 62.5 Å². The Kier molecular flexibility index (Phi) is 10.5. The number of nitrogens with two attached hydrogens (primary N) is 1. The van der Waals surface area contributed by atoms with Crippen molar-refractivity contribution in [1.82, 2.24) is 14.8 Å². The van der Waals surface area contributed by atoms with Crippen molar-refractivity contribution in [2.24, 2.45) is 5.73 Å². The number of hydrogen-bond donors (Lipinski definition) is 1. The molecule has 5 nitrogen and oxygen atoms in total. The molecule has 1 fully saturated rings. The number of hydrogen-bond acceptors (Lipinski definition) is 4. The van der Waals surface area contributed by atoms with Crippen LogP contribution < -0.4 is 5.73 Å². The van der Waals surface area contributed by atoms with Crippen molar-refractivity contribution >= 4 is 30.7 Å². The predicted octanol–water partition coefficient (Wildman–Crippen LogP) is 3.16. The van der Waals surface area contributed by atoms with E-state index in [1.807, 2.05) is 54.5 Å². The summed E-state index contributed by atoms with van der Waals surface area (Å²) in [5, 5.41) is 0. The van der Waals surface area contributed by atoms with Gasteiger partial charge in [-0.15, -0.1) is 24.8 Å². The van der Waals surface area contributed by atoms with E-state index >= 15 is 0 Å². The number of nitrogens with zero attached hydrogens (tertiary/aromatic N) is 3. The second kappa shape index (κ2) is 12.0. The summed E-state index contributed by atoms with van der Waals surface area (Å²) in [6.45, 7) is 3.59. The molecule has 154 valence electrons. The summed E-state index contributed by atoms with van der Waals surface area (Å²) in [4.78, 5) is 21.5. The third-order valence-corrected chi connectivity index (χ3v) is 5.27. The lowest BCUT2D eigenvalue weighted by atomic mass is 10.0. The highest BCUT2D eigenvalue weighted by Gasteiger charge is 2.25. The van der Waals surface area contributed by atoms with Crippen LogP contribution in [0.2, 0.25) is 0 Å². The quantitative estimate of drug-likeness (QED) is 0.773. The molecule has 7 heteroatoms. The molecule has 1 aliphatic heterocycles. The Balaban J connectivity index is 0.00000196. The first-order valence-corrected chi connectivity index (χ1v) is 9.36. The van der Waals surface area contributed by atoms with Crippen molar-refractivity contribution in [2.45, 2.75) is 31.8 Å². The fourth-order valence-electron chi connectivity index (χ4n) is 3.50. The van der Waals surface area contributed by atoms with Crippen LogP contribution in [0.3, 0.4) is 0 Å². The van der Waals surface area contributed by atoms with Crippen LogP contribution in [0.4, 0.5) is 0 Å². The molecule has 0 saturated carbocycles. The number of halogens is 2. The zero-order valence-corrected chi connectivity index (χ0v) is 17.9. The zero-order valence-electron chi connectivity index (χ0n) is 16.3. The maximum Gasteiger partial charge on any atom is 0.253 e. The van der Waals surface area contributed by atoms with E-state index < -0.39 is 0 Å². The van der Waals surface area contributed by atoms with E-state index in [2.05, 4.69) is 16.0 Å². The molecule has 2 N–H and O–H groups in total. The summed E-state index contributed by atoms with van der Waals surface area (Å²) in [5.41, 5.74) is 8.55. The molecule has 0 bridgehead atoms. The summed E-state index contributed by atoms with van der Waals surface area (Å²) in [7, 11) is 1.92. The zero-order chi connectivity index (χ0) is 18.4. The normalized spacial score (nSPS) is 14.6. The molecule has 1 aliphatic rings. The maximum absolute atomic E-state index is 12.7. The summed E-state index contributed by atoms with van der Waals surface area (Å²) in [5.74, 6) is 0.0977. The first-order chi connectivity index (χ1) is 12.7. The molecule has 28 heavy (non-hydrogen) atoms. The van der Waals surface area contributed by atoms with Crippen LogP contribution in [0.5, 0.6) is 0 Å². The van der Waals surface area contributed by atoms with Gasteiger partial charge >= 0.3 is 0 Å². The van der Waals surface area contributed by atoms with Gasteiger partial charge in [-0.3, -0.25) is 9.78 Å². The van der Waals surface area contributed by atoms with E-state index in [0.717, 1.165) is 55.7 Å². The lowest BCUT2D eigenvalue weighted by Gasteiger charge is -2.36. The molecule has 0 atom stereocenters. The van der Waals surface area contributed by atoms with Crippen LogP contribution in [0.15, 0.2) is 48.7 Å². The van der Waals surface area contributed by atoms with Gasteiger partial charge in [0.1, 0.15) is 0 Å². The van der Waals surface area contributed by atoms with Crippen LogP contribution in [-0.4, -0.2) is 53.4 Å². The van der Waals surface area contributed by atoms with E-state index in [4.69, 9.17) is 5.73 Å². The SMILES string of the molecule is CN(C(=O)c1ccc(CN)cc1)C1CCN(CCc2ccccn2)CC1.Cl.Cl. The molecule has 2 aromatic rings. The minimum Gasteiger partial charge on any atom is -0.339 e. The van der Waals surface area contributed by atoms with Gasteiger partial charge in [-0.1, -0.05) is 18.2 Å². The number of carbonyl (C=O) groups excluding carboxylic acids is 1. The van der Waals surface area contributed by atoms with Crippen molar-refractivity contribution in [1.29, 1.82) is 0 Å². The fourth-order valence-corrected chi connectivity index (χ4v) is 3.50. The Labute approximate surface area is 180 Å².